The van der Waals surface area contributed by atoms with Crippen LogP contribution < -0.4 is 0 Å². The quantitative estimate of drug-likeness (QED) is 0.477. The van der Waals surface area contributed by atoms with Crippen LogP contribution in [0.2, 0.25) is 0 Å². The van der Waals surface area contributed by atoms with Crippen LogP contribution >= 0.6 is 0 Å². The highest BCUT2D eigenvalue weighted by molar-refractivity contribution is 6.01. The van der Waals surface area contributed by atoms with Crippen LogP contribution in [0, 0.1) is 0 Å². The van der Waals surface area contributed by atoms with E-state index >= 15 is 0 Å². The molecule has 4 heteroatoms. The summed E-state index contributed by atoms with van der Waals surface area (Å²) in [6.07, 6.45) is 1.76. The minimum atomic E-state index is -0.0179. The van der Waals surface area contributed by atoms with Crippen LogP contribution in [0.3, 0.4) is 0 Å². The normalized spacial score (nSPS) is 19.9. The first kappa shape index (κ1) is 22.4. The standard InChI is InChI=1S/C30H32N2O2/c1-30(2,3)25-17-23(28-31-26(19-33-28)14-21-10-6-4-7-11-21)16-24(18-25)29-32-27(20-34-29)15-22-12-8-5-9-13-22/h4-13,16-18,26-27H,14-15,19-20H2,1-3H3/t26-,27-/m1/s1. The molecule has 5 rings (SSSR count). The summed E-state index contributed by atoms with van der Waals surface area (Å²) in [5, 5.41) is 0. The predicted molar refractivity (Wildman–Crippen MR) is 138 cm³/mol. The molecule has 0 saturated heterocycles. The first-order valence-electron chi connectivity index (χ1n) is 12.1. The highest BCUT2D eigenvalue weighted by Gasteiger charge is 2.26. The van der Waals surface area contributed by atoms with Crippen molar-refractivity contribution in [3.05, 3.63) is 107 Å². The summed E-state index contributed by atoms with van der Waals surface area (Å²) >= 11 is 0. The largest absolute Gasteiger partial charge is 0.475 e. The fourth-order valence-electron chi connectivity index (χ4n) is 4.44. The van der Waals surface area contributed by atoms with Crippen LogP contribution in [0.5, 0.6) is 0 Å². The number of aliphatic imine (C=N–C) groups is 2. The fraction of sp³-hybridized carbons (Fsp3) is 0.333. The summed E-state index contributed by atoms with van der Waals surface area (Å²) in [6.45, 7) is 7.88. The third kappa shape index (κ3) is 5.22. The lowest BCUT2D eigenvalue weighted by Crippen LogP contribution is -2.15. The Morgan fingerprint density at radius 1 is 0.676 bits per heavy atom. The van der Waals surface area contributed by atoms with Crippen molar-refractivity contribution in [1.82, 2.24) is 0 Å². The minimum absolute atomic E-state index is 0.0179. The maximum absolute atomic E-state index is 6.08. The molecule has 0 amide bonds. The Hall–Kier alpha value is -3.40. The molecule has 2 aliphatic rings. The first-order valence-corrected chi connectivity index (χ1v) is 12.1. The van der Waals surface area contributed by atoms with E-state index in [0.29, 0.717) is 25.0 Å². The molecule has 0 N–H and O–H groups in total. The molecule has 2 heterocycles. The molecular formula is C30H32N2O2. The Balaban J connectivity index is 1.41. The van der Waals surface area contributed by atoms with E-state index in [1.807, 2.05) is 12.1 Å². The zero-order chi connectivity index (χ0) is 23.5. The summed E-state index contributed by atoms with van der Waals surface area (Å²) in [4.78, 5) is 9.86. The molecule has 2 atom stereocenters. The molecule has 0 bridgehead atoms. The van der Waals surface area contributed by atoms with Gasteiger partial charge < -0.3 is 9.47 Å². The summed E-state index contributed by atoms with van der Waals surface area (Å²) in [7, 11) is 0. The maximum atomic E-state index is 6.08. The van der Waals surface area contributed by atoms with Gasteiger partial charge in [0.1, 0.15) is 13.2 Å². The number of hydrogen-bond acceptors (Lipinski definition) is 4. The van der Waals surface area contributed by atoms with Gasteiger partial charge in [-0.25, -0.2) is 9.98 Å². The molecule has 34 heavy (non-hydrogen) atoms. The zero-order valence-electron chi connectivity index (χ0n) is 20.2. The first-order chi connectivity index (χ1) is 16.4. The van der Waals surface area contributed by atoms with Gasteiger partial charge in [0.05, 0.1) is 12.1 Å². The summed E-state index contributed by atoms with van der Waals surface area (Å²) in [5.41, 5.74) is 5.75. The molecule has 3 aromatic carbocycles. The summed E-state index contributed by atoms with van der Waals surface area (Å²) in [6, 6.07) is 27.7. The van der Waals surface area contributed by atoms with Gasteiger partial charge >= 0.3 is 0 Å². The smallest absolute Gasteiger partial charge is 0.216 e. The van der Waals surface area contributed by atoms with Crippen molar-refractivity contribution in [2.24, 2.45) is 9.98 Å². The van der Waals surface area contributed by atoms with Crippen molar-refractivity contribution >= 4 is 11.8 Å². The second-order valence-electron chi connectivity index (χ2n) is 10.2. The van der Waals surface area contributed by atoms with Crippen LogP contribution in [0.25, 0.3) is 0 Å². The fourth-order valence-corrected chi connectivity index (χ4v) is 4.44. The van der Waals surface area contributed by atoms with Crippen molar-refractivity contribution in [1.29, 1.82) is 0 Å². The second-order valence-corrected chi connectivity index (χ2v) is 10.2. The van der Waals surface area contributed by atoms with E-state index in [0.717, 1.165) is 24.0 Å². The zero-order valence-corrected chi connectivity index (χ0v) is 20.2. The van der Waals surface area contributed by atoms with E-state index in [1.165, 1.54) is 16.7 Å². The summed E-state index contributed by atoms with van der Waals surface area (Å²) < 4.78 is 12.2. The van der Waals surface area contributed by atoms with Crippen LogP contribution in [0.1, 0.15) is 48.6 Å². The Morgan fingerprint density at radius 2 is 1.12 bits per heavy atom. The average molecular weight is 453 g/mol. The molecule has 0 aliphatic carbocycles. The predicted octanol–water partition coefficient (Wildman–Crippen LogP) is 5.76. The number of rotatable bonds is 6. The molecule has 0 fully saturated rings. The maximum Gasteiger partial charge on any atom is 0.216 e. The molecule has 0 spiro atoms. The number of ether oxygens (including phenoxy) is 2. The molecule has 0 aromatic heterocycles. The van der Waals surface area contributed by atoms with Gasteiger partial charge in [-0.3, -0.25) is 0 Å². The minimum Gasteiger partial charge on any atom is -0.475 e. The average Bonchev–Trinajstić information content (AvgIpc) is 3.50. The lowest BCUT2D eigenvalue weighted by atomic mass is 9.85. The number of benzene rings is 3. The Labute approximate surface area is 202 Å². The topological polar surface area (TPSA) is 43.2 Å². The van der Waals surface area contributed by atoms with Gasteiger partial charge in [0.2, 0.25) is 11.8 Å². The van der Waals surface area contributed by atoms with Crippen LogP contribution in [0.4, 0.5) is 0 Å². The Kier molecular flexibility index (Phi) is 6.23. The molecule has 3 aromatic rings. The Morgan fingerprint density at radius 3 is 1.53 bits per heavy atom. The van der Waals surface area contributed by atoms with E-state index < -0.39 is 0 Å². The van der Waals surface area contributed by atoms with Crippen molar-refractivity contribution in [2.45, 2.75) is 51.1 Å². The third-order valence-corrected chi connectivity index (χ3v) is 6.35. The molecule has 0 unspecified atom stereocenters. The van der Waals surface area contributed by atoms with Crippen molar-refractivity contribution in [2.75, 3.05) is 13.2 Å². The van der Waals surface area contributed by atoms with Crippen molar-refractivity contribution < 1.29 is 9.47 Å². The lowest BCUT2D eigenvalue weighted by Gasteiger charge is -2.21. The van der Waals surface area contributed by atoms with E-state index in [9.17, 15) is 0 Å². The van der Waals surface area contributed by atoms with E-state index in [1.54, 1.807) is 0 Å². The van der Waals surface area contributed by atoms with Crippen molar-refractivity contribution in [3.63, 3.8) is 0 Å². The molecule has 174 valence electrons. The van der Waals surface area contributed by atoms with E-state index in [4.69, 9.17) is 19.5 Å². The second kappa shape index (κ2) is 9.46. The highest BCUT2D eigenvalue weighted by atomic mass is 16.5. The van der Waals surface area contributed by atoms with Crippen LogP contribution in [-0.2, 0) is 27.7 Å². The van der Waals surface area contributed by atoms with E-state index in [2.05, 4.69) is 87.5 Å². The SMILES string of the molecule is CC(C)(C)c1cc(C2=N[C@H](Cc3ccccc3)CO2)cc(C2=N[C@H](Cc3ccccc3)CO2)c1. The van der Waals surface area contributed by atoms with Gasteiger partial charge in [-0.15, -0.1) is 0 Å². The van der Waals surface area contributed by atoms with E-state index in [-0.39, 0.29) is 17.5 Å². The van der Waals surface area contributed by atoms with Gasteiger partial charge in [-0.05, 0) is 53.1 Å². The van der Waals surface area contributed by atoms with Gasteiger partial charge in [-0.2, -0.15) is 0 Å². The third-order valence-electron chi connectivity index (χ3n) is 6.35. The molecule has 0 saturated carbocycles. The van der Waals surface area contributed by atoms with Crippen LogP contribution in [0.15, 0.2) is 88.8 Å². The van der Waals surface area contributed by atoms with Gasteiger partial charge in [-0.1, -0.05) is 81.4 Å². The lowest BCUT2D eigenvalue weighted by molar-refractivity contribution is 0.316. The van der Waals surface area contributed by atoms with Crippen molar-refractivity contribution in [3.8, 4) is 0 Å². The highest BCUT2D eigenvalue weighted by Crippen LogP contribution is 2.28. The van der Waals surface area contributed by atoms with Crippen LogP contribution in [-0.4, -0.2) is 37.1 Å². The van der Waals surface area contributed by atoms with Gasteiger partial charge in [0.25, 0.3) is 0 Å². The molecular weight excluding hydrogens is 420 g/mol. The molecule has 0 radical (unpaired) electrons. The van der Waals surface area contributed by atoms with Gasteiger partial charge in [0, 0.05) is 11.1 Å². The van der Waals surface area contributed by atoms with Gasteiger partial charge in [0.15, 0.2) is 0 Å². The monoisotopic (exact) mass is 452 g/mol. The number of nitrogens with zero attached hydrogens (tertiary/aromatic N) is 2. The molecule has 2 aliphatic heterocycles. The number of hydrogen-bond donors (Lipinski definition) is 0. The summed E-state index contributed by atoms with van der Waals surface area (Å²) in [5.74, 6) is 1.43. The Bertz CT molecular complexity index is 1110. The molecule has 4 nitrogen and oxygen atoms in total.